The molecule has 106 valence electrons. The Morgan fingerprint density at radius 1 is 1.40 bits per heavy atom. The smallest absolute Gasteiger partial charge is 0.337 e. The number of carboxylic acid groups (broad SMARTS) is 1. The zero-order chi connectivity index (χ0) is 14.5. The van der Waals surface area contributed by atoms with Crippen LogP contribution in [-0.4, -0.2) is 24.7 Å². The number of nitrogens with one attached hydrogen (secondary N) is 1. The molecule has 0 bridgehead atoms. The van der Waals surface area contributed by atoms with E-state index in [9.17, 15) is 4.79 Å². The molecule has 1 heterocycles. The van der Waals surface area contributed by atoms with Crippen LogP contribution in [0.3, 0.4) is 0 Å². The molecular formula is C14H14BrNO3S. The van der Waals surface area contributed by atoms with E-state index < -0.39 is 5.97 Å². The molecule has 0 spiro atoms. The van der Waals surface area contributed by atoms with E-state index in [0.717, 1.165) is 10.2 Å². The lowest BCUT2D eigenvalue weighted by Gasteiger charge is -2.10. The van der Waals surface area contributed by atoms with E-state index in [1.54, 1.807) is 36.6 Å². The summed E-state index contributed by atoms with van der Waals surface area (Å²) in [5, 5.41) is 12.3. The summed E-state index contributed by atoms with van der Waals surface area (Å²) in [6, 6.07) is 8.96. The van der Waals surface area contributed by atoms with E-state index in [-0.39, 0.29) is 5.56 Å². The Kier molecular flexibility index (Phi) is 5.03. The van der Waals surface area contributed by atoms with Crippen LogP contribution in [-0.2, 0) is 6.42 Å². The van der Waals surface area contributed by atoms with Crippen LogP contribution >= 0.6 is 27.3 Å². The lowest BCUT2D eigenvalue weighted by Crippen LogP contribution is -2.09. The van der Waals surface area contributed by atoms with Crippen LogP contribution < -0.4 is 10.1 Å². The molecule has 0 unspecified atom stereocenters. The maximum atomic E-state index is 11.2. The minimum atomic E-state index is -0.950. The fourth-order valence-electron chi connectivity index (χ4n) is 1.79. The molecule has 6 heteroatoms. The standard InChI is InChI=1S/C14H14BrNO3S/c1-19-9-2-4-11(14(17)18)12(8-9)16-7-6-10-3-5-13(15)20-10/h2-5,8,16H,6-7H2,1H3,(H,17,18). The third kappa shape index (κ3) is 3.74. The maximum absolute atomic E-state index is 11.2. The quantitative estimate of drug-likeness (QED) is 0.825. The van der Waals surface area contributed by atoms with Gasteiger partial charge in [-0.2, -0.15) is 0 Å². The van der Waals surface area contributed by atoms with Crippen LogP contribution in [0.1, 0.15) is 15.2 Å². The third-order valence-corrected chi connectivity index (χ3v) is 4.46. The largest absolute Gasteiger partial charge is 0.497 e. The second kappa shape index (κ2) is 6.76. The minimum Gasteiger partial charge on any atom is -0.497 e. The van der Waals surface area contributed by atoms with Gasteiger partial charge in [0.25, 0.3) is 0 Å². The summed E-state index contributed by atoms with van der Waals surface area (Å²) < 4.78 is 6.22. The molecule has 0 saturated carbocycles. The van der Waals surface area contributed by atoms with Crippen molar-refractivity contribution >= 4 is 38.9 Å². The summed E-state index contributed by atoms with van der Waals surface area (Å²) in [5.74, 6) is -0.314. The third-order valence-electron chi connectivity index (χ3n) is 2.77. The fraction of sp³-hybridized carbons (Fsp3) is 0.214. The van der Waals surface area contributed by atoms with Crippen molar-refractivity contribution in [1.82, 2.24) is 0 Å². The summed E-state index contributed by atoms with van der Waals surface area (Å²) in [7, 11) is 1.56. The van der Waals surface area contributed by atoms with Crippen molar-refractivity contribution in [3.05, 3.63) is 44.6 Å². The normalized spacial score (nSPS) is 10.3. The number of thiophene rings is 1. The van der Waals surface area contributed by atoms with Crippen molar-refractivity contribution in [3.63, 3.8) is 0 Å². The number of carboxylic acids is 1. The van der Waals surface area contributed by atoms with Gasteiger partial charge < -0.3 is 15.2 Å². The van der Waals surface area contributed by atoms with Crippen LogP contribution in [0, 0.1) is 0 Å². The van der Waals surface area contributed by atoms with Crippen LogP contribution in [0.5, 0.6) is 5.75 Å². The minimum absolute atomic E-state index is 0.248. The van der Waals surface area contributed by atoms with E-state index in [4.69, 9.17) is 9.84 Å². The first-order valence-electron chi connectivity index (χ1n) is 5.99. The van der Waals surface area contributed by atoms with Gasteiger partial charge >= 0.3 is 5.97 Å². The van der Waals surface area contributed by atoms with Gasteiger partial charge in [0.05, 0.1) is 22.1 Å². The van der Waals surface area contributed by atoms with Gasteiger partial charge in [0.15, 0.2) is 0 Å². The number of aromatic carboxylic acids is 1. The number of hydrogen-bond donors (Lipinski definition) is 2. The van der Waals surface area contributed by atoms with Crippen molar-refractivity contribution in [2.24, 2.45) is 0 Å². The number of benzene rings is 1. The highest BCUT2D eigenvalue weighted by Gasteiger charge is 2.10. The number of hydrogen-bond acceptors (Lipinski definition) is 4. The van der Waals surface area contributed by atoms with Gasteiger partial charge in [0.1, 0.15) is 5.75 Å². The molecule has 1 aromatic carbocycles. The second-order valence-electron chi connectivity index (χ2n) is 4.10. The van der Waals surface area contributed by atoms with Gasteiger partial charge in [-0.05, 0) is 46.6 Å². The van der Waals surface area contributed by atoms with Crippen molar-refractivity contribution < 1.29 is 14.6 Å². The summed E-state index contributed by atoms with van der Waals surface area (Å²) in [6.45, 7) is 0.667. The number of anilines is 1. The molecule has 0 amide bonds. The highest BCUT2D eigenvalue weighted by atomic mass is 79.9. The number of carbonyl (C=O) groups is 1. The van der Waals surface area contributed by atoms with Crippen molar-refractivity contribution in [3.8, 4) is 5.75 Å². The highest BCUT2D eigenvalue weighted by Crippen LogP contribution is 2.24. The zero-order valence-electron chi connectivity index (χ0n) is 10.9. The Morgan fingerprint density at radius 2 is 2.20 bits per heavy atom. The summed E-state index contributed by atoms with van der Waals surface area (Å²) in [6.07, 6.45) is 0.840. The predicted molar refractivity (Wildman–Crippen MR) is 84.2 cm³/mol. The van der Waals surface area contributed by atoms with Crippen LogP contribution in [0.15, 0.2) is 34.1 Å². The van der Waals surface area contributed by atoms with E-state index in [1.165, 1.54) is 4.88 Å². The first kappa shape index (κ1) is 14.9. The molecule has 0 aliphatic carbocycles. The van der Waals surface area contributed by atoms with Gasteiger partial charge in [-0.15, -0.1) is 11.3 Å². The Morgan fingerprint density at radius 3 is 2.80 bits per heavy atom. The topological polar surface area (TPSA) is 58.6 Å². The number of methoxy groups -OCH3 is 1. The molecule has 0 aliphatic heterocycles. The average Bonchev–Trinajstić information content (AvgIpc) is 2.84. The molecule has 0 radical (unpaired) electrons. The molecule has 2 rings (SSSR count). The molecule has 2 aromatic rings. The molecular weight excluding hydrogens is 342 g/mol. The number of ether oxygens (including phenoxy) is 1. The van der Waals surface area contributed by atoms with Crippen molar-refractivity contribution in [1.29, 1.82) is 0 Å². The van der Waals surface area contributed by atoms with Gasteiger partial charge in [-0.3, -0.25) is 0 Å². The molecule has 1 aromatic heterocycles. The first-order valence-corrected chi connectivity index (χ1v) is 7.60. The Balaban J connectivity index is 2.05. The van der Waals surface area contributed by atoms with E-state index in [1.807, 2.05) is 6.07 Å². The molecule has 0 aliphatic rings. The monoisotopic (exact) mass is 355 g/mol. The van der Waals surface area contributed by atoms with Gasteiger partial charge in [0, 0.05) is 17.5 Å². The molecule has 2 N–H and O–H groups in total. The molecule has 0 saturated heterocycles. The number of rotatable bonds is 6. The van der Waals surface area contributed by atoms with Crippen LogP contribution in [0.4, 0.5) is 5.69 Å². The predicted octanol–water partition coefficient (Wildman–Crippen LogP) is 3.87. The lowest BCUT2D eigenvalue weighted by atomic mass is 10.1. The lowest BCUT2D eigenvalue weighted by molar-refractivity contribution is 0.0698. The van der Waals surface area contributed by atoms with Crippen LogP contribution in [0.2, 0.25) is 0 Å². The zero-order valence-corrected chi connectivity index (χ0v) is 13.3. The number of halogens is 1. The molecule has 4 nitrogen and oxygen atoms in total. The SMILES string of the molecule is COc1ccc(C(=O)O)c(NCCc2ccc(Br)s2)c1. The fourth-order valence-corrected chi connectivity index (χ4v) is 3.27. The Labute approximate surface area is 129 Å². The second-order valence-corrected chi connectivity index (χ2v) is 6.65. The maximum Gasteiger partial charge on any atom is 0.337 e. The average molecular weight is 356 g/mol. The highest BCUT2D eigenvalue weighted by molar-refractivity contribution is 9.11. The molecule has 20 heavy (non-hydrogen) atoms. The van der Waals surface area contributed by atoms with Gasteiger partial charge in [-0.25, -0.2) is 4.79 Å². The van der Waals surface area contributed by atoms with E-state index in [0.29, 0.717) is 18.0 Å². The van der Waals surface area contributed by atoms with Crippen molar-refractivity contribution in [2.75, 3.05) is 19.0 Å². The van der Waals surface area contributed by atoms with Crippen molar-refractivity contribution in [2.45, 2.75) is 6.42 Å². The Bertz CT molecular complexity index is 612. The van der Waals surface area contributed by atoms with Gasteiger partial charge in [-0.1, -0.05) is 0 Å². The summed E-state index contributed by atoms with van der Waals surface area (Å²) in [5.41, 5.74) is 0.825. The molecule has 0 fully saturated rings. The molecule has 0 atom stereocenters. The summed E-state index contributed by atoms with van der Waals surface area (Å²) >= 11 is 5.10. The Hall–Kier alpha value is -1.53. The first-order chi connectivity index (χ1) is 9.60. The van der Waals surface area contributed by atoms with E-state index in [2.05, 4.69) is 27.3 Å². The van der Waals surface area contributed by atoms with Crippen LogP contribution in [0.25, 0.3) is 0 Å². The summed E-state index contributed by atoms with van der Waals surface area (Å²) in [4.78, 5) is 12.4. The van der Waals surface area contributed by atoms with Gasteiger partial charge in [0.2, 0.25) is 0 Å². The van der Waals surface area contributed by atoms with E-state index >= 15 is 0 Å².